The van der Waals surface area contributed by atoms with E-state index in [1.54, 1.807) is 0 Å². The number of nitrogens with two attached hydrogens (primary N) is 1. The van der Waals surface area contributed by atoms with Crippen molar-refractivity contribution in [3.8, 4) is 0 Å². The molecule has 9 heteroatoms. The molecule has 1 heterocycles. The molecule has 0 aliphatic rings. The van der Waals surface area contributed by atoms with Gasteiger partial charge >= 0.3 is 11.8 Å². The number of aromatic nitrogens is 1. The van der Waals surface area contributed by atoms with Gasteiger partial charge in [0.05, 0.1) is 11.5 Å². The summed E-state index contributed by atoms with van der Waals surface area (Å²) in [6, 6.07) is 3.53. The van der Waals surface area contributed by atoms with E-state index in [0.717, 1.165) is 12.5 Å². The number of unbranched alkanes of at least 4 members (excludes halogenated alkanes) is 1. The maximum atomic E-state index is 11.8. The number of fused-ring (bicyclic) bond motifs is 1. The monoisotopic (exact) mass is 314 g/mol. The van der Waals surface area contributed by atoms with E-state index < -0.39 is 21.9 Å². The average molecular weight is 314 g/mol. The molecule has 1 aromatic carbocycles. The van der Waals surface area contributed by atoms with Crippen LogP contribution in [0.4, 0.5) is 4.79 Å². The maximum Gasteiger partial charge on any atom is 0.429 e. The maximum absolute atomic E-state index is 11.8. The molecule has 0 spiro atoms. The molecule has 0 fully saturated rings. The molecule has 2 rings (SSSR count). The molecule has 2 N–H and O–H groups in total. The number of oxazole rings is 1. The minimum absolute atomic E-state index is 0.0565. The van der Waals surface area contributed by atoms with Crippen molar-refractivity contribution in [2.75, 3.05) is 6.61 Å². The Morgan fingerprint density at radius 2 is 2.14 bits per heavy atom. The van der Waals surface area contributed by atoms with E-state index in [1.807, 2.05) is 6.92 Å². The van der Waals surface area contributed by atoms with Crippen molar-refractivity contribution in [3.63, 3.8) is 0 Å². The fourth-order valence-corrected chi connectivity index (χ4v) is 2.25. The summed E-state index contributed by atoms with van der Waals surface area (Å²) in [5, 5.41) is 4.99. The van der Waals surface area contributed by atoms with Gasteiger partial charge in [0, 0.05) is 6.07 Å². The van der Waals surface area contributed by atoms with Gasteiger partial charge in [0.15, 0.2) is 5.58 Å². The van der Waals surface area contributed by atoms with Gasteiger partial charge in [0.2, 0.25) is 10.0 Å². The van der Waals surface area contributed by atoms with Crippen LogP contribution in [0.5, 0.6) is 0 Å². The highest BCUT2D eigenvalue weighted by molar-refractivity contribution is 7.89. The van der Waals surface area contributed by atoms with Gasteiger partial charge in [0.25, 0.3) is 0 Å². The summed E-state index contributed by atoms with van der Waals surface area (Å²) in [4.78, 5) is 23.3. The lowest BCUT2D eigenvalue weighted by Crippen LogP contribution is -2.24. The molecule has 0 aliphatic heterocycles. The van der Waals surface area contributed by atoms with E-state index in [-0.39, 0.29) is 22.6 Å². The summed E-state index contributed by atoms with van der Waals surface area (Å²) in [5.74, 6) is -0.946. The van der Waals surface area contributed by atoms with E-state index in [4.69, 9.17) is 14.3 Å². The third-order valence-electron chi connectivity index (χ3n) is 2.79. The summed E-state index contributed by atoms with van der Waals surface area (Å²) in [5.41, 5.74) is 0.0628. The Kier molecular flexibility index (Phi) is 4.14. The van der Waals surface area contributed by atoms with Crippen LogP contribution in [-0.4, -0.2) is 25.7 Å². The van der Waals surface area contributed by atoms with Crippen molar-refractivity contribution in [3.05, 3.63) is 28.7 Å². The third-order valence-corrected chi connectivity index (χ3v) is 3.70. The van der Waals surface area contributed by atoms with Crippen molar-refractivity contribution in [2.24, 2.45) is 5.14 Å². The van der Waals surface area contributed by atoms with Gasteiger partial charge in [-0.3, -0.25) is 0 Å². The van der Waals surface area contributed by atoms with E-state index in [0.29, 0.717) is 11.0 Å². The van der Waals surface area contributed by atoms with Crippen LogP contribution in [0.2, 0.25) is 0 Å². The zero-order valence-electron chi connectivity index (χ0n) is 11.2. The molecule has 2 aromatic rings. The first-order chi connectivity index (χ1) is 9.84. The Morgan fingerprint density at radius 3 is 2.76 bits per heavy atom. The predicted molar refractivity (Wildman–Crippen MR) is 73.5 cm³/mol. The van der Waals surface area contributed by atoms with E-state index in [1.165, 1.54) is 12.1 Å². The molecule has 21 heavy (non-hydrogen) atoms. The summed E-state index contributed by atoms with van der Waals surface area (Å²) in [7, 11) is -3.92. The lowest BCUT2D eigenvalue weighted by Gasteiger charge is -2.03. The molecule has 114 valence electrons. The lowest BCUT2D eigenvalue weighted by atomic mass is 10.3. The third kappa shape index (κ3) is 3.14. The van der Waals surface area contributed by atoms with Crippen LogP contribution >= 0.6 is 0 Å². The minimum atomic E-state index is -3.92. The van der Waals surface area contributed by atoms with E-state index in [2.05, 4.69) is 0 Å². The average Bonchev–Trinajstić information content (AvgIpc) is 2.72. The smallest absolute Gasteiger partial charge is 0.429 e. The number of rotatable bonds is 4. The molecule has 0 saturated carbocycles. The van der Waals surface area contributed by atoms with Gasteiger partial charge in [0.1, 0.15) is 5.52 Å². The Hall–Kier alpha value is -2.13. The fraction of sp³-hybridized carbons (Fsp3) is 0.333. The number of sulfonamides is 1. The van der Waals surface area contributed by atoms with Crippen LogP contribution in [0.3, 0.4) is 0 Å². The SMILES string of the molecule is CCCCOC(=O)n1c(=O)oc2cc(S(N)(=O)=O)ccc21. The number of hydrogen-bond donors (Lipinski definition) is 1. The number of carbonyl (C=O) groups is 1. The summed E-state index contributed by atoms with van der Waals surface area (Å²) < 4.78 is 33.0. The van der Waals surface area contributed by atoms with Crippen molar-refractivity contribution in [1.29, 1.82) is 0 Å². The Labute approximate surface area is 120 Å². The molecular formula is C12H14N2O6S. The Bertz CT molecular complexity index is 833. The van der Waals surface area contributed by atoms with Gasteiger partial charge in [-0.2, -0.15) is 4.57 Å². The number of carbonyl (C=O) groups excluding carboxylic acids is 1. The van der Waals surface area contributed by atoms with Crippen LogP contribution in [-0.2, 0) is 14.8 Å². The normalized spacial score (nSPS) is 11.7. The van der Waals surface area contributed by atoms with Gasteiger partial charge in [-0.25, -0.2) is 23.1 Å². The van der Waals surface area contributed by atoms with Crippen molar-refractivity contribution < 1.29 is 22.4 Å². The van der Waals surface area contributed by atoms with Crippen molar-refractivity contribution in [1.82, 2.24) is 4.57 Å². The Morgan fingerprint density at radius 1 is 1.43 bits per heavy atom. The number of hydrogen-bond acceptors (Lipinski definition) is 6. The van der Waals surface area contributed by atoms with Gasteiger partial charge in [-0.15, -0.1) is 0 Å². The quantitative estimate of drug-likeness (QED) is 0.841. The van der Waals surface area contributed by atoms with Gasteiger partial charge < -0.3 is 9.15 Å². The predicted octanol–water partition coefficient (Wildman–Crippen LogP) is 1.03. The molecule has 8 nitrogen and oxygen atoms in total. The zero-order valence-corrected chi connectivity index (χ0v) is 12.1. The molecule has 1 aromatic heterocycles. The van der Waals surface area contributed by atoms with Crippen LogP contribution in [0, 0.1) is 0 Å². The lowest BCUT2D eigenvalue weighted by molar-refractivity contribution is 0.145. The number of benzene rings is 1. The first-order valence-electron chi connectivity index (χ1n) is 6.20. The largest absolute Gasteiger partial charge is 0.449 e. The minimum Gasteiger partial charge on any atom is -0.449 e. The zero-order chi connectivity index (χ0) is 15.6. The standard InChI is InChI=1S/C12H14N2O6S/c1-2-3-6-19-11(15)14-9-5-4-8(21(13,17)18)7-10(9)20-12(14)16/h4-5,7H,2-3,6H2,1H3,(H2,13,17,18). The van der Waals surface area contributed by atoms with Crippen molar-refractivity contribution in [2.45, 2.75) is 24.7 Å². The highest BCUT2D eigenvalue weighted by Gasteiger charge is 2.19. The molecule has 0 atom stereocenters. The van der Waals surface area contributed by atoms with E-state index in [9.17, 15) is 18.0 Å². The topological polar surface area (TPSA) is 122 Å². The molecule has 0 unspecified atom stereocenters. The molecular weight excluding hydrogens is 300 g/mol. The van der Waals surface area contributed by atoms with Crippen LogP contribution < -0.4 is 10.9 Å². The highest BCUT2D eigenvalue weighted by Crippen LogP contribution is 2.17. The van der Waals surface area contributed by atoms with Crippen LogP contribution in [0.25, 0.3) is 11.1 Å². The first kappa shape index (κ1) is 15.3. The fourth-order valence-electron chi connectivity index (χ4n) is 1.72. The second kappa shape index (κ2) is 5.70. The Balaban J connectivity index is 2.44. The summed E-state index contributed by atoms with van der Waals surface area (Å²) in [6.45, 7) is 2.12. The van der Waals surface area contributed by atoms with Crippen LogP contribution in [0.15, 0.2) is 32.3 Å². The number of ether oxygens (including phenoxy) is 1. The molecule has 0 radical (unpaired) electrons. The number of nitrogens with zero attached hydrogens (tertiary/aromatic N) is 1. The molecule has 0 bridgehead atoms. The number of primary sulfonamides is 1. The molecule has 0 saturated heterocycles. The molecule has 0 amide bonds. The van der Waals surface area contributed by atoms with Crippen LogP contribution in [0.1, 0.15) is 19.8 Å². The second-order valence-corrected chi connectivity index (χ2v) is 5.91. The second-order valence-electron chi connectivity index (χ2n) is 4.35. The molecule has 0 aliphatic carbocycles. The van der Waals surface area contributed by atoms with Crippen molar-refractivity contribution >= 4 is 27.2 Å². The van der Waals surface area contributed by atoms with E-state index >= 15 is 0 Å². The summed E-state index contributed by atoms with van der Waals surface area (Å²) in [6.07, 6.45) is 0.647. The summed E-state index contributed by atoms with van der Waals surface area (Å²) >= 11 is 0. The first-order valence-corrected chi connectivity index (χ1v) is 7.74. The van der Waals surface area contributed by atoms with Gasteiger partial charge in [-0.1, -0.05) is 13.3 Å². The highest BCUT2D eigenvalue weighted by atomic mass is 32.2. The van der Waals surface area contributed by atoms with Gasteiger partial charge in [-0.05, 0) is 18.6 Å².